The van der Waals surface area contributed by atoms with Crippen molar-refractivity contribution in [3.8, 4) is 0 Å². The lowest BCUT2D eigenvalue weighted by Gasteiger charge is -2.39. The third kappa shape index (κ3) is 2.57. The Morgan fingerprint density at radius 1 is 1.42 bits per heavy atom. The number of hydrogen-bond donors (Lipinski definition) is 2. The molecule has 2 atom stereocenters. The van der Waals surface area contributed by atoms with Crippen LogP contribution in [0.5, 0.6) is 0 Å². The predicted octanol–water partition coefficient (Wildman–Crippen LogP) is 1.24. The Labute approximate surface area is 111 Å². The van der Waals surface area contributed by atoms with E-state index in [0.717, 1.165) is 19.3 Å². The van der Waals surface area contributed by atoms with E-state index in [-0.39, 0.29) is 5.92 Å². The summed E-state index contributed by atoms with van der Waals surface area (Å²) in [6.07, 6.45) is 5.83. The molecule has 2 N–H and O–H groups in total. The number of rotatable bonds is 3. The highest BCUT2D eigenvalue weighted by Crippen LogP contribution is 2.34. The number of carbonyl (C=O) groups is 2. The molecule has 1 aliphatic carbocycles. The summed E-state index contributed by atoms with van der Waals surface area (Å²) in [6, 6.07) is 1.52. The summed E-state index contributed by atoms with van der Waals surface area (Å²) in [6.45, 7) is 1.87. The minimum atomic E-state index is -1.17. The van der Waals surface area contributed by atoms with E-state index in [1.165, 1.54) is 18.5 Å². The Balaban J connectivity index is 2.22. The molecule has 1 amide bonds. The molecule has 102 valence electrons. The summed E-state index contributed by atoms with van der Waals surface area (Å²) in [4.78, 5) is 23.7. The summed E-state index contributed by atoms with van der Waals surface area (Å²) in [5.41, 5.74) is -0.841. The highest BCUT2D eigenvalue weighted by Gasteiger charge is 2.46. The van der Waals surface area contributed by atoms with Crippen LogP contribution in [0.3, 0.4) is 0 Å². The van der Waals surface area contributed by atoms with E-state index in [0.29, 0.717) is 12.0 Å². The number of carboxylic acids is 1. The SMILES string of the molecule is CC1CCCCC1(NC(=O)c1ccnnc1)C(=O)O. The number of carbonyl (C=O) groups excluding carboxylic acids is 1. The summed E-state index contributed by atoms with van der Waals surface area (Å²) >= 11 is 0. The van der Waals surface area contributed by atoms with E-state index in [1.54, 1.807) is 0 Å². The van der Waals surface area contributed by atoms with Gasteiger partial charge in [-0.15, -0.1) is 0 Å². The Hall–Kier alpha value is -1.98. The lowest BCUT2D eigenvalue weighted by molar-refractivity contribution is -0.148. The molecule has 19 heavy (non-hydrogen) atoms. The van der Waals surface area contributed by atoms with Crippen LogP contribution in [-0.4, -0.2) is 32.7 Å². The quantitative estimate of drug-likeness (QED) is 0.856. The molecule has 0 radical (unpaired) electrons. The summed E-state index contributed by atoms with van der Waals surface area (Å²) < 4.78 is 0. The molecule has 1 fully saturated rings. The molecule has 1 aromatic heterocycles. The molecule has 1 aliphatic rings. The lowest BCUT2D eigenvalue weighted by atomic mass is 9.73. The topological polar surface area (TPSA) is 92.2 Å². The van der Waals surface area contributed by atoms with Crippen molar-refractivity contribution in [2.75, 3.05) is 0 Å². The molecule has 0 spiro atoms. The first-order valence-corrected chi connectivity index (χ1v) is 6.39. The molecule has 1 saturated carbocycles. The Morgan fingerprint density at radius 3 is 2.79 bits per heavy atom. The van der Waals surface area contributed by atoms with Gasteiger partial charge in [0.05, 0.1) is 18.0 Å². The zero-order valence-electron chi connectivity index (χ0n) is 10.8. The molecular weight excluding hydrogens is 246 g/mol. The standard InChI is InChI=1S/C13H17N3O3/c1-9-4-2-3-6-13(9,12(18)19)16-11(17)10-5-7-14-15-8-10/h5,7-9H,2-4,6H2,1H3,(H,16,17)(H,18,19). The summed E-state index contributed by atoms with van der Waals surface area (Å²) in [7, 11) is 0. The fourth-order valence-electron chi connectivity index (χ4n) is 2.60. The van der Waals surface area contributed by atoms with Crippen LogP contribution in [0.2, 0.25) is 0 Å². The number of aliphatic carboxylic acids is 1. The second-order valence-corrected chi connectivity index (χ2v) is 5.01. The van der Waals surface area contributed by atoms with Crippen molar-refractivity contribution in [3.63, 3.8) is 0 Å². The maximum atomic E-state index is 12.1. The minimum Gasteiger partial charge on any atom is -0.479 e. The third-order valence-corrected chi connectivity index (χ3v) is 3.86. The number of aromatic nitrogens is 2. The summed E-state index contributed by atoms with van der Waals surface area (Å²) in [5, 5.41) is 19.4. The van der Waals surface area contributed by atoms with Gasteiger partial charge in [-0.1, -0.05) is 19.8 Å². The first-order chi connectivity index (χ1) is 9.06. The van der Waals surface area contributed by atoms with Gasteiger partial charge in [-0.3, -0.25) is 4.79 Å². The number of nitrogens with zero attached hydrogens (tertiary/aromatic N) is 2. The van der Waals surface area contributed by atoms with Crippen molar-refractivity contribution in [2.24, 2.45) is 5.92 Å². The van der Waals surface area contributed by atoms with Gasteiger partial charge in [-0.25, -0.2) is 4.79 Å². The Morgan fingerprint density at radius 2 is 2.21 bits per heavy atom. The molecule has 6 nitrogen and oxygen atoms in total. The Kier molecular flexibility index (Phi) is 3.78. The van der Waals surface area contributed by atoms with Gasteiger partial charge in [-0.2, -0.15) is 10.2 Å². The largest absolute Gasteiger partial charge is 0.479 e. The third-order valence-electron chi connectivity index (χ3n) is 3.86. The zero-order valence-corrected chi connectivity index (χ0v) is 10.8. The molecule has 1 heterocycles. The van der Waals surface area contributed by atoms with Gasteiger partial charge in [0, 0.05) is 0 Å². The number of nitrogens with one attached hydrogen (secondary N) is 1. The average Bonchev–Trinajstić information content (AvgIpc) is 2.42. The van der Waals surface area contributed by atoms with Crippen LogP contribution < -0.4 is 5.32 Å². The van der Waals surface area contributed by atoms with Crippen LogP contribution in [0.15, 0.2) is 18.5 Å². The number of amides is 1. The minimum absolute atomic E-state index is 0.0857. The van der Waals surface area contributed by atoms with Crippen molar-refractivity contribution in [3.05, 3.63) is 24.0 Å². The molecule has 2 unspecified atom stereocenters. The van der Waals surface area contributed by atoms with Gasteiger partial charge < -0.3 is 10.4 Å². The normalized spacial score (nSPS) is 26.7. The molecule has 6 heteroatoms. The smallest absolute Gasteiger partial charge is 0.329 e. The van der Waals surface area contributed by atoms with Gasteiger partial charge >= 0.3 is 5.97 Å². The second kappa shape index (κ2) is 5.34. The zero-order chi connectivity index (χ0) is 13.9. The van der Waals surface area contributed by atoms with Crippen LogP contribution in [0.25, 0.3) is 0 Å². The van der Waals surface area contributed by atoms with Crippen LogP contribution in [0, 0.1) is 5.92 Å². The van der Waals surface area contributed by atoms with E-state index in [1.807, 2.05) is 6.92 Å². The van der Waals surface area contributed by atoms with Gasteiger partial charge in [0.2, 0.25) is 0 Å². The van der Waals surface area contributed by atoms with Gasteiger partial charge in [0.15, 0.2) is 0 Å². The number of carboxylic acid groups (broad SMARTS) is 1. The van der Waals surface area contributed by atoms with E-state index in [2.05, 4.69) is 15.5 Å². The lowest BCUT2D eigenvalue weighted by Crippen LogP contribution is -2.60. The highest BCUT2D eigenvalue weighted by molar-refractivity contribution is 5.97. The van der Waals surface area contributed by atoms with E-state index < -0.39 is 17.4 Å². The van der Waals surface area contributed by atoms with Crippen molar-refractivity contribution in [2.45, 2.75) is 38.1 Å². The van der Waals surface area contributed by atoms with E-state index in [9.17, 15) is 14.7 Å². The van der Waals surface area contributed by atoms with Crippen molar-refractivity contribution in [1.82, 2.24) is 15.5 Å². The monoisotopic (exact) mass is 263 g/mol. The molecule has 0 aliphatic heterocycles. The fourth-order valence-corrected chi connectivity index (χ4v) is 2.60. The van der Waals surface area contributed by atoms with Gasteiger partial charge in [0.1, 0.15) is 5.54 Å². The van der Waals surface area contributed by atoms with Crippen molar-refractivity contribution < 1.29 is 14.7 Å². The fraction of sp³-hybridized carbons (Fsp3) is 0.538. The number of hydrogen-bond acceptors (Lipinski definition) is 4. The summed E-state index contributed by atoms with van der Waals surface area (Å²) in [5.74, 6) is -1.46. The first-order valence-electron chi connectivity index (χ1n) is 6.39. The molecular formula is C13H17N3O3. The maximum Gasteiger partial charge on any atom is 0.329 e. The van der Waals surface area contributed by atoms with Crippen LogP contribution in [0.4, 0.5) is 0 Å². The molecule has 2 rings (SSSR count). The van der Waals surface area contributed by atoms with Gasteiger partial charge in [-0.05, 0) is 24.8 Å². The van der Waals surface area contributed by atoms with Crippen molar-refractivity contribution >= 4 is 11.9 Å². The van der Waals surface area contributed by atoms with Crippen molar-refractivity contribution in [1.29, 1.82) is 0 Å². The van der Waals surface area contributed by atoms with Crippen LogP contribution >= 0.6 is 0 Å². The highest BCUT2D eigenvalue weighted by atomic mass is 16.4. The van der Waals surface area contributed by atoms with E-state index in [4.69, 9.17) is 0 Å². The van der Waals surface area contributed by atoms with E-state index >= 15 is 0 Å². The van der Waals surface area contributed by atoms with Crippen LogP contribution in [-0.2, 0) is 4.79 Å². The van der Waals surface area contributed by atoms with Gasteiger partial charge in [0.25, 0.3) is 5.91 Å². The van der Waals surface area contributed by atoms with Crippen LogP contribution in [0.1, 0.15) is 43.0 Å². The molecule has 0 bridgehead atoms. The second-order valence-electron chi connectivity index (χ2n) is 5.01. The molecule has 0 saturated heterocycles. The first kappa shape index (κ1) is 13.5. The molecule has 1 aromatic rings. The predicted molar refractivity (Wildman–Crippen MR) is 67.5 cm³/mol. The maximum absolute atomic E-state index is 12.1. The molecule has 0 aromatic carbocycles. The average molecular weight is 263 g/mol. The Bertz CT molecular complexity index is 477.